The Kier molecular flexibility index (Phi) is 3.43. The summed E-state index contributed by atoms with van der Waals surface area (Å²) in [6.45, 7) is 2.20. The molecule has 3 atom stereocenters. The molecule has 1 aromatic carbocycles. The van der Waals surface area contributed by atoms with Crippen LogP contribution in [0.3, 0.4) is 0 Å². The molecule has 2 saturated carbocycles. The van der Waals surface area contributed by atoms with Crippen LogP contribution in [-0.4, -0.2) is 6.04 Å². The van der Waals surface area contributed by atoms with Crippen molar-refractivity contribution in [3.8, 4) is 0 Å². The van der Waals surface area contributed by atoms with E-state index in [0.717, 1.165) is 30.6 Å². The second-order valence-electron chi connectivity index (χ2n) is 6.23. The minimum Gasteiger partial charge on any atom is -0.327 e. The SMILES string of the molecule is CCc1ccc(CC(N)C2C3CCCCC32)cc1. The van der Waals surface area contributed by atoms with Crippen LogP contribution in [0.4, 0.5) is 0 Å². The van der Waals surface area contributed by atoms with Crippen LogP contribution in [0, 0.1) is 17.8 Å². The Bertz CT molecular complexity index is 383. The lowest BCUT2D eigenvalue weighted by Crippen LogP contribution is -2.26. The number of hydrogen-bond acceptors (Lipinski definition) is 1. The Labute approximate surface area is 111 Å². The Morgan fingerprint density at radius 1 is 1.06 bits per heavy atom. The van der Waals surface area contributed by atoms with Crippen molar-refractivity contribution < 1.29 is 0 Å². The quantitative estimate of drug-likeness (QED) is 0.860. The highest BCUT2D eigenvalue weighted by molar-refractivity contribution is 5.24. The van der Waals surface area contributed by atoms with Gasteiger partial charge in [-0.05, 0) is 54.6 Å². The molecule has 1 aromatic rings. The summed E-state index contributed by atoms with van der Waals surface area (Å²) in [6, 6.07) is 9.44. The summed E-state index contributed by atoms with van der Waals surface area (Å²) in [7, 11) is 0. The van der Waals surface area contributed by atoms with Crippen LogP contribution >= 0.6 is 0 Å². The molecule has 0 radical (unpaired) electrons. The van der Waals surface area contributed by atoms with Gasteiger partial charge in [-0.2, -0.15) is 0 Å². The number of nitrogens with two attached hydrogens (primary N) is 1. The van der Waals surface area contributed by atoms with E-state index in [1.165, 1.54) is 36.8 Å². The molecule has 0 heterocycles. The molecule has 3 rings (SSSR count). The lowest BCUT2D eigenvalue weighted by Gasteiger charge is -2.12. The molecule has 2 fully saturated rings. The number of rotatable bonds is 4. The Morgan fingerprint density at radius 3 is 2.17 bits per heavy atom. The number of aryl methyl sites for hydroxylation is 1. The molecule has 2 aliphatic carbocycles. The molecule has 0 spiro atoms. The molecular formula is C17H25N. The predicted molar refractivity (Wildman–Crippen MR) is 76.4 cm³/mol. The van der Waals surface area contributed by atoms with Crippen molar-refractivity contribution in [3.63, 3.8) is 0 Å². The maximum Gasteiger partial charge on any atom is 0.0113 e. The average molecular weight is 243 g/mol. The van der Waals surface area contributed by atoms with Crippen LogP contribution in [0.25, 0.3) is 0 Å². The molecule has 0 aliphatic heterocycles. The molecule has 1 nitrogen and oxygen atoms in total. The first kappa shape index (κ1) is 12.2. The predicted octanol–water partition coefficient (Wildman–Crippen LogP) is 3.56. The topological polar surface area (TPSA) is 26.0 Å². The Morgan fingerprint density at radius 2 is 1.61 bits per heavy atom. The molecule has 0 amide bonds. The molecule has 0 saturated heterocycles. The largest absolute Gasteiger partial charge is 0.327 e. The van der Waals surface area contributed by atoms with Crippen LogP contribution < -0.4 is 5.73 Å². The zero-order valence-electron chi connectivity index (χ0n) is 11.4. The monoisotopic (exact) mass is 243 g/mol. The van der Waals surface area contributed by atoms with Gasteiger partial charge in [0.15, 0.2) is 0 Å². The van der Waals surface area contributed by atoms with Gasteiger partial charge >= 0.3 is 0 Å². The minimum atomic E-state index is 0.394. The zero-order valence-corrected chi connectivity index (χ0v) is 11.4. The van der Waals surface area contributed by atoms with Gasteiger partial charge in [0, 0.05) is 6.04 Å². The Hall–Kier alpha value is -0.820. The minimum absolute atomic E-state index is 0.394. The van der Waals surface area contributed by atoms with Crippen molar-refractivity contribution in [1.82, 2.24) is 0 Å². The van der Waals surface area contributed by atoms with Gasteiger partial charge in [0.05, 0.1) is 0 Å². The smallest absolute Gasteiger partial charge is 0.0113 e. The molecule has 18 heavy (non-hydrogen) atoms. The normalized spacial score (nSPS) is 31.8. The van der Waals surface area contributed by atoms with Gasteiger partial charge in [0.2, 0.25) is 0 Å². The van der Waals surface area contributed by atoms with E-state index in [-0.39, 0.29) is 0 Å². The van der Waals surface area contributed by atoms with Crippen molar-refractivity contribution in [3.05, 3.63) is 35.4 Å². The summed E-state index contributed by atoms with van der Waals surface area (Å²) in [5, 5.41) is 0. The third-order valence-corrected chi connectivity index (χ3v) is 5.12. The van der Waals surface area contributed by atoms with E-state index in [1.807, 2.05) is 0 Å². The van der Waals surface area contributed by atoms with Gasteiger partial charge in [0.25, 0.3) is 0 Å². The van der Waals surface area contributed by atoms with Gasteiger partial charge in [-0.15, -0.1) is 0 Å². The summed E-state index contributed by atoms with van der Waals surface area (Å²) in [5.74, 6) is 2.78. The summed E-state index contributed by atoms with van der Waals surface area (Å²) < 4.78 is 0. The maximum atomic E-state index is 6.44. The third kappa shape index (κ3) is 2.33. The fourth-order valence-electron chi connectivity index (χ4n) is 4.00. The lowest BCUT2D eigenvalue weighted by atomic mass is 9.99. The van der Waals surface area contributed by atoms with Gasteiger partial charge < -0.3 is 5.73 Å². The lowest BCUT2D eigenvalue weighted by molar-refractivity contribution is 0.480. The number of fused-ring (bicyclic) bond motifs is 1. The summed E-state index contributed by atoms with van der Waals surface area (Å²) in [6.07, 6.45) is 7.96. The second kappa shape index (κ2) is 5.05. The van der Waals surface area contributed by atoms with Gasteiger partial charge in [-0.3, -0.25) is 0 Å². The number of hydrogen-bond donors (Lipinski definition) is 1. The molecule has 0 aromatic heterocycles. The average Bonchev–Trinajstić information content (AvgIpc) is 3.14. The van der Waals surface area contributed by atoms with E-state index in [2.05, 4.69) is 31.2 Å². The van der Waals surface area contributed by atoms with Crippen molar-refractivity contribution >= 4 is 0 Å². The van der Waals surface area contributed by atoms with E-state index in [1.54, 1.807) is 0 Å². The fourth-order valence-corrected chi connectivity index (χ4v) is 4.00. The van der Waals surface area contributed by atoms with Crippen molar-refractivity contribution in [1.29, 1.82) is 0 Å². The van der Waals surface area contributed by atoms with E-state index in [4.69, 9.17) is 5.73 Å². The van der Waals surface area contributed by atoms with Crippen LogP contribution in [0.15, 0.2) is 24.3 Å². The van der Waals surface area contributed by atoms with Gasteiger partial charge in [-0.1, -0.05) is 44.0 Å². The van der Waals surface area contributed by atoms with E-state index in [0.29, 0.717) is 6.04 Å². The standard InChI is InChI=1S/C17H25N/c1-2-12-7-9-13(10-8-12)11-16(18)17-14-5-3-4-6-15(14)17/h7-10,14-17H,2-6,11,18H2,1H3. The van der Waals surface area contributed by atoms with Crippen LogP contribution in [-0.2, 0) is 12.8 Å². The number of benzene rings is 1. The molecule has 2 N–H and O–H groups in total. The molecule has 0 bridgehead atoms. The highest BCUT2D eigenvalue weighted by atomic mass is 14.7. The molecule has 1 heteroatoms. The van der Waals surface area contributed by atoms with E-state index < -0.39 is 0 Å². The first-order valence-electron chi connectivity index (χ1n) is 7.63. The Balaban J connectivity index is 1.58. The van der Waals surface area contributed by atoms with Gasteiger partial charge in [-0.25, -0.2) is 0 Å². The van der Waals surface area contributed by atoms with Crippen LogP contribution in [0.2, 0.25) is 0 Å². The van der Waals surface area contributed by atoms with Crippen molar-refractivity contribution in [2.75, 3.05) is 0 Å². The summed E-state index contributed by atoms with van der Waals surface area (Å²) in [5.41, 5.74) is 9.28. The van der Waals surface area contributed by atoms with Gasteiger partial charge in [0.1, 0.15) is 0 Å². The molecule has 3 unspecified atom stereocenters. The highest BCUT2D eigenvalue weighted by Gasteiger charge is 2.52. The first-order chi connectivity index (χ1) is 8.79. The summed E-state index contributed by atoms with van der Waals surface area (Å²) in [4.78, 5) is 0. The van der Waals surface area contributed by atoms with Crippen molar-refractivity contribution in [2.24, 2.45) is 23.5 Å². The molecule has 2 aliphatic rings. The fraction of sp³-hybridized carbons (Fsp3) is 0.647. The molecule has 98 valence electrons. The first-order valence-corrected chi connectivity index (χ1v) is 7.63. The second-order valence-corrected chi connectivity index (χ2v) is 6.23. The molecular weight excluding hydrogens is 218 g/mol. The van der Waals surface area contributed by atoms with E-state index >= 15 is 0 Å². The van der Waals surface area contributed by atoms with E-state index in [9.17, 15) is 0 Å². The third-order valence-electron chi connectivity index (χ3n) is 5.12. The van der Waals surface area contributed by atoms with Crippen molar-refractivity contribution in [2.45, 2.75) is 51.5 Å². The van der Waals surface area contributed by atoms with Crippen LogP contribution in [0.1, 0.15) is 43.7 Å². The zero-order chi connectivity index (χ0) is 12.5. The highest BCUT2D eigenvalue weighted by Crippen LogP contribution is 2.56. The summed E-state index contributed by atoms with van der Waals surface area (Å²) >= 11 is 0. The maximum absolute atomic E-state index is 6.44. The van der Waals surface area contributed by atoms with Crippen LogP contribution in [0.5, 0.6) is 0 Å².